The van der Waals surface area contributed by atoms with E-state index >= 15 is 0 Å². The van der Waals surface area contributed by atoms with Crippen molar-refractivity contribution in [1.29, 1.82) is 0 Å². The highest BCUT2D eigenvalue weighted by Gasteiger charge is 2.45. The summed E-state index contributed by atoms with van der Waals surface area (Å²) in [5.74, 6) is -4.07. The zero-order chi connectivity index (χ0) is 15.8. The molecule has 0 amide bonds. The number of alkyl halides is 2. The van der Waals surface area contributed by atoms with Gasteiger partial charge in [0.15, 0.2) is 0 Å². The molecule has 0 radical (unpaired) electrons. The summed E-state index contributed by atoms with van der Waals surface area (Å²) in [6.07, 6.45) is 0.257. The van der Waals surface area contributed by atoms with Gasteiger partial charge >= 0.3 is 5.97 Å². The number of carbonyl (C=O) groups is 1. The summed E-state index contributed by atoms with van der Waals surface area (Å²) in [4.78, 5) is 15.8. The van der Waals surface area contributed by atoms with Crippen molar-refractivity contribution in [1.82, 2.24) is 4.98 Å². The lowest BCUT2D eigenvalue weighted by molar-refractivity contribution is -0.0794. The Bertz CT molecular complexity index is 548. The summed E-state index contributed by atoms with van der Waals surface area (Å²) < 4.78 is 44.1. The predicted octanol–water partition coefficient (Wildman–Crippen LogP) is 3.39. The molecular formula is C14H17F3N2O2. The summed E-state index contributed by atoms with van der Waals surface area (Å²) in [6, 6.07) is 0.499. The van der Waals surface area contributed by atoms with E-state index in [0.29, 0.717) is 0 Å². The first kappa shape index (κ1) is 15.6. The van der Waals surface area contributed by atoms with Crippen molar-refractivity contribution in [2.45, 2.75) is 51.2 Å². The standard InChI is InChI=1S/C14H17F3N2O2/c1-13(2,3)21-12(20)10-4-8(15)7-18-11(10)19-9-5-14(16,17)6-9/h4,7,9H,5-6H2,1-3H3,(H,18,19). The molecule has 0 unspecified atom stereocenters. The zero-order valence-electron chi connectivity index (χ0n) is 12.0. The van der Waals surface area contributed by atoms with Crippen molar-refractivity contribution in [3.63, 3.8) is 0 Å². The van der Waals surface area contributed by atoms with Crippen LogP contribution in [0.25, 0.3) is 0 Å². The molecule has 1 saturated carbocycles. The van der Waals surface area contributed by atoms with E-state index in [2.05, 4.69) is 10.3 Å². The lowest BCUT2D eigenvalue weighted by atomic mass is 9.88. The number of nitrogens with one attached hydrogen (secondary N) is 1. The van der Waals surface area contributed by atoms with Crippen LogP contribution in [-0.2, 0) is 4.74 Å². The third-order valence-corrected chi connectivity index (χ3v) is 2.90. The van der Waals surface area contributed by atoms with Gasteiger partial charge in [0.1, 0.15) is 22.8 Å². The molecule has 1 aliphatic rings. The third kappa shape index (κ3) is 4.09. The molecule has 4 nitrogen and oxygen atoms in total. The van der Waals surface area contributed by atoms with E-state index in [-0.39, 0.29) is 24.2 Å². The van der Waals surface area contributed by atoms with Gasteiger partial charge in [-0.1, -0.05) is 0 Å². The maximum Gasteiger partial charge on any atom is 0.342 e. The Kier molecular flexibility index (Phi) is 3.86. The summed E-state index contributed by atoms with van der Waals surface area (Å²) in [5, 5.41) is 2.74. The van der Waals surface area contributed by atoms with Crippen LogP contribution in [0.4, 0.5) is 19.0 Å². The first-order valence-electron chi connectivity index (χ1n) is 6.59. The van der Waals surface area contributed by atoms with Gasteiger partial charge in [-0.05, 0) is 26.8 Å². The Morgan fingerprint density at radius 1 is 1.43 bits per heavy atom. The maximum absolute atomic E-state index is 13.3. The fourth-order valence-corrected chi connectivity index (χ4v) is 2.00. The molecule has 1 aliphatic carbocycles. The van der Waals surface area contributed by atoms with E-state index in [9.17, 15) is 18.0 Å². The maximum atomic E-state index is 13.3. The minimum absolute atomic E-state index is 0.0613. The van der Waals surface area contributed by atoms with Crippen LogP contribution in [0.2, 0.25) is 0 Å². The molecule has 0 saturated heterocycles. The Labute approximate surface area is 120 Å². The molecule has 1 aromatic rings. The Morgan fingerprint density at radius 2 is 2.05 bits per heavy atom. The normalized spacial score (nSPS) is 18.0. The molecule has 0 spiro atoms. The number of ether oxygens (including phenoxy) is 1. The van der Waals surface area contributed by atoms with Crippen molar-refractivity contribution in [2.24, 2.45) is 0 Å². The quantitative estimate of drug-likeness (QED) is 0.870. The lowest BCUT2D eigenvalue weighted by Crippen LogP contribution is -2.44. The van der Waals surface area contributed by atoms with Crippen molar-refractivity contribution in [2.75, 3.05) is 5.32 Å². The van der Waals surface area contributed by atoms with Gasteiger partial charge in [0.2, 0.25) is 0 Å². The molecule has 0 aliphatic heterocycles. The monoisotopic (exact) mass is 302 g/mol. The summed E-state index contributed by atoms with van der Waals surface area (Å²) in [6.45, 7) is 5.03. The molecule has 0 atom stereocenters. The van der Waals surface area contributed by atoms with Crippen LogP contribution in [-0.4, -0.2) is 28.5 Å². The Morgan fingerprint density at radius 3 is 2.57 bits per heavy atom. The van der Waals surface area contributed by atoms with Crippen LogP contribution in [0.1, 0.15) is 44.0 Å². The molecule has 1 heterocycles. The van der Waals surface area contributed by atoms with Crippen LogP contribution in [0.3, 0.4) is 0 Å². The number of nitrogens with zero attached hydrogens (tertiary/aromatic N) is 1. The lowest BCUT2D eigenvalue weighted by Gasteiger charge is -2.35. The number of esters is 1. The second-order valence-corrected chi connectivity index (χ2v) is 6.16. The number of hydrogen-bond acceptors (Lipinski definition) is 4. The van der Waals surface area contributed by atoms with Crippen LogP contribution in [0.15, 0.2) is 12.3 Å². The van der Waals surface area contributed by atoms with Crippen molar-refractivity contribution >= 4 is 11.8 Å². The predicted molar refractivity (Wildman–Crippen MR) is 71.0 cm³/mol. The minimum atomic E-state index is -2.69. The topological polar surface area (TPSA) is 51.2 Å². The van der Waals surface area contributed by atoms with Crippen LogP contribution >= 0.6 is 0 Å². The van der Waals surface area contributed by atoms with Crippen LogP contribution < -0.4 is 5.32 Å². The van der Waals surface area contributed by atoms with Gasteiger partial charge in [-0.25, -0.2) is 22.9 Å². The van der Waals surface area contributed by atoms with Gasteiger partial charge in [-0.15, -0.1) is 0 Å². The molecule has 0 aromatic carbocycles. The van der Waals surface area contributed by atoms with E-state index in [1.165, 1.54) is 0 Å². The highest BCUT2D eigenvalue weighted by molar-refractivity contribution is 5.94. The summed E-state index contributed by atoms with van der Waals surface area (Å²) in [5.41, 5.74) is -0.843. The van der Waals surface area contributed by atoms with E-state index in [4.69, 9.17) is 4.74 Å². The van der Waals surface area contributed by atoms with Gasteiger partial charge < -0.3 is 10.1 Å². The second-order valence-electron chi connectivity index (χ2n) is 6.16. The largest absolute Gasteiger partial charge is 0.456 e. The van der Waals surface area contributed by atoms with Crippen molar-refractivity contribution in [3.05, 3.63) is 23.6 Å². The van der Waals surface area contributed by atoms with E-state index in [1.807, 2.05) is 0 Å². The van der Waals surface area contributed by atoms with E-state index in [1.54, 1.807) is 20.8 Å². The number of hydrogen-bond donors (Lipinski definition) is 1. The average molecular weight is 302 g/mol. The van der Waals surface area contributed by atoms with Crippen LogP contribution in [0.5, 0.6) is 0 Å². The molecule has 2 rings (SSSR count). The van der Waals surface area contributed by atoms with Gasteiger partial charge in [-0.3, -0.25) is 0 Å². The molecule has 116 valence electrons. The number of carbonyl (C=O) groups excluding carboxylic acids is 1. The van der Waals surface area contributed by atoms with Gasteiger partial charge in [-0.2, -0.15) is 0 Å². The first-order chi connectivity index (χ1) is 9.56. The molecule has 1 fully saturated rings. The van der Waals surface area contributed by atoms with Crippen molar-refractivity contribution in [3.8, 4) is 0 Å². The second kappa shape index (κ2) is 5.20. The van der Waals surface area contributed by atoms with E-state index < -0.39 is 29.4 Å². The fourth-order valence-electron chi connectivity index (χ4n) is 2.00. The number of aromatic nitrogens is 1. The fraction of sp³-hybridized carbons (Fsp3) is 0.571. The van der Waals surface area contributed by atoms with Crippen LogP contribution in [0, 0.1) is 5.82 Å². The first-order valence-corrected chi connectivity index (χ1v) is 6.59. The summed E-state index contributed by atoms with van der Waals surface area (Å²) in [7, 11) is 0. The molecule has 1 N–H and O–H groups in total. The Balaban J connectivity index is 2.16. The number of rotatable bonds is 3. The van der Waals surface area contributed by atoms with Gasteiger partial charge in [0, 0.05) is 18.9 Å². The molecular weight excluding hydrogens is 285 g/mol. The molecule has 1 aromatic heterocycles. The number of halogens is 3. The molecule has 21 heavy (non-hydrogen) atoms. The molecule has 7 heteroatoms. The average Bonchev–Trinajstić information content (AvgIpc) is 2.26. The Hall–Kier alpha value is -1.79. The summed E-state index contributed by atoms with van der Waals surface area (Å²) >= 11 is 0. The van der Waals surface area contributed by atoms with Crippen molar-refractivity contribution < 1.29 is 22.7 Å². The van der Waals surface area contributed by atoms with E-state index in [0.717, 1.165) is 12.3 Å². The van der Waals surface area contributed by atoms with Gasteiger partial charge in [0.25, 0.3) is 5.92 Å². The molecule has 0 bridgehead atoms. The highest BCUT2D eigenvalue weighted by Crippen LogP contribution is 2.39. The highest BCUT2D eigenvalue weighted by atomic mass is 19.3. The smallest absolute Gasteiger partial charge is 0.342 e. The van der Waals surface area contributed by atoms with Gasteiger partial charge in [0.05, 0.1) is 6.20 Å². The number of anilines is 1. The SMILES string of the molecule is CC(C)(C)OC(=O)c1cc(F)cnc1NC1CC(F)(F)C1. The number of pyridine rings is 1. The minimum Gasteiger partial charge on any atom is -0.456 e. The zero-order valence-corrected chi connectivity index (χ0v) is 12.0. The third-order valence-electron chi connectivity index (χ3n) is 2.90.